The molecule has 0 bridgehead atoms. The molecule has 2 aromatic carbocycles. The molecule has 8 nitrogen and oxygen atoms in total. The molecule has 38 heavy (non-hydrogen) atoms. The summed E-state index contributed by atoms with van der Waals surface area (Å²) in [7, 11) is -3.84. The number of carbonyl (C=O) groups is 1. The lowest BCUT2D eigenvalue weighted by atomic mass is 10.0. The number of benzene rings is 2. The second-order valence-electron chi connectivity index (χ2n) is 9.15. The number of hydrogen-bond donors (Lipinski definition) is 2. The van der Waals surface area contributed by atoms with Gasteiger partial charge in [-0.1, -0.05) is 37.3 Å². The van der Waals surface area contributed by atoms with Crippen molar-refractivity contribution in [3.05, 3.63) is 89.2 Å². The van der Waals surface area contributed by atoms with Crippen molar-refractivity contribution >= 4 is 38.2 Å². The molecule has 1 aliphatic rings. The van der Waals surface area contributed by atoms with E-state index in [1.54, 1.807) is 19.2 Å². The van der Waals surface area contributed by atoms with E-state index in [0.717, 1.165) is 23.4 Å². The van der Waals surface area contributed by atoms with Crippen molar-refractivity contribution < 1.29 is 26.7 Å². The second kappa shape index (κ2) is 10.5. The highest BCUT2D eigenvalue weighted by Gasteiger charge is 2.30. The van der Waals surface area contributed by atoms with Crippen molar-refractivity contribution in [2.75, 3.05) is 28.5 Å². The normalized spacial score (nSPS) is 14.0. The largest absolute Gasteiger partial charge is 0.370 e. The van der Waals surface area contributed by atoms with Crippen LogP contribution < -0.4 is 9.62 Å². The van der Waals surface area contributed by atoms with Gasteiger partial charge in [-0.3, -0.25) is 9.52 Å². The van der Waals surface area contributed by atoms with E-state index < -0.39 is 38.7 Å². The van der Waals surface area contributed by atoms with Crippen LogP contribution in [0.15, 0.2) is 60.9 Å². The lowest BCUT2D eigenvalue weighted by Gasteiger charge is -2.40. The zero-order valence-corrected chi connectivity index (χ0v) is 21.4. The summed E-state index contributed by atoms with van der Waals surface area (Å²) in [6.07, 6.45) is 3.36. The number of sulfonamides is 1. The monoisotopic (exact) mass is 540 g/mol. The summed E-state index contributed by atoms with van der Waals surface area (Å²) in [6.45, 7) is 3.44. The first-order valence-electron chi connectivity index (χ1n) is 12.2. The topological polar surface area (TPSA) is 104 Å². The van der Waals surface area contributed by atoms with Gasteiger partial charge in [0, 0.05) is 30.2 Å². The van der Waals surface area contributed by atoms with Crippen molar-refractivity contribution in [2.24, 2.45) is 0 Å². The van der Waals surface area contributed by atoms with Gasteiger partial charge in [-0.2, -0.15) is 0 Å². The molecule has 5 rings (SSSR count). The summed E-state index contributed by atoms with van der Waals surface area (Å²) < 4.78 is 62.2. The Morgan fingerprint density at radius 2 is 1.95 bits per heavy atom. The number of ether oxygens (including phenoxy) is 1. The van der Waals surface area contributed by atoms with Crippen LogP contribution in [0, 0.1) is 11.6 Å². The smallest absolute Gasteiger partial charge is 0.232 e. The number of H-pyrrole nitrogens is 1. The van der Waals surface area contributed by atoms with E-state index in [1.165, 1.54) is 6.20 Å². The molecule has 0 unspecified atom stereocenters. The van der Waals surface area contributed by atoms with Crippen LogP contribution in [0.2, 0.25) is 0 Å². The molecule has 198 valence electrons. The third-order valence-corrected chi connectivity index (χ3v) is 7.84. The van der Waals surface area contributed by atoms with Gasteiger partial charge in [0.1, 0.15) is 11.5 Å². The zero-order chi connectivity index (χ0) is 26.9. The van der Waals surface area contributed by atoms with Crippen molar-refractivity contribution in [1.29, 1.82) is 0 Å². The van der Waals surface area contributed by atoms with Crippen LogP contribution in [0.1, 0.15) is 34.8 Å². The molecule has 0 aliphatic carbocycles. The lowest BCUT2D eigenvalue weighted by molar-refractivity contribution is 0.0224. The van der Waals surface area contributed by atoms with Crippen molar-refractivity contribution in [3.63, 3.8) is 0 Å². The maximum absolute atomic E-state index is 15.2. The number of ketones is 1. The quantitative estimate of drug-likeness (QED) is 0.284. The Bertz CT molecular complexity index is 1590. The van der Waals surface area contributed by atoms with E-state index in [9.17, 15) is 17.6 Å². The van der Waals surface area contributed by atoms with Gasteiger partial charge >= 0.3 is 0 Å². The fourth-order valence-electron chi connectivity index (χ4n) is 4.36. The number of aromatic amines is 1. The molecule has 0 amide bonds. The molecular weight excluding hydrogens is 514 g/mol. The maximum Gasteiger partial charge on any atom is 0.232 e. The minimum Gasteiger partial charge on any atom is -0.370 e. The van der Waals surface area contributed by atoms with Gasteiger partial charge in [-0.05, 0) is 30.2 Å². The summed E-state index contributed by atoms with van der Waals surface area (Å²) in [5.74, 6) is -3.52. The lowest BCUT2D eigenvalue weighted by Crippen LogP contribution is -2.52. The Labute approximate surface area is 218 Å². The second-order valence-corrected chi connectivity index (χ2v) is 11.0. The van der Waals surface area contributed by atoms with E-state index >= 15 is 4.39 Å². The average molecular weight is 541 g/mol. The van der Waals surface area contributed by atoms with E-state index in [-0.39, 0.29) is 17.4 Å². The fraction of sp³-hybridized carbons (Fsp3) is 0.259. The minimum absolute atomic E-state index is 0.0260. The number of carbonyl (C=O) groups excluding carboxylic acids is 1. The van der Waals surface area contributed by atoms with E-state index in [0.29, 0.717) is 37.2 Å². The molecule has 0 radical (unpaired) electrons. The average Bonchev–Trinajstić information content (AvgIpc) is 3.29. The fourth-order valence-corrected chi connectivity index (χ4v) is 5.49. The molecule has 1 fully saturated rings. The van der Waals surface area contributed by atoms with Gasteiger partial charge in [0.05, 0.1) is 41.6 Å². The first-order chi connectivity index (χ1) is 18.3. The highest BCUT2D eigenvalue weighted by atomic mass is 32.2. The molecule has 1 saturated heterocycles. The molecular formula is C27H26F2N4O4S. The maximum atomic E-state index is 15.2. The van der Waals surface area contributed by atoms with Crippen molar-refractivity contribution in [3.8, 4) is 0 Å². The Kier molecular flexibility index (Phi) is 7.13. The number of aromatic nitrogens is 2. The van der Waals surface area contributed by atoms with Crippen LogP contribution in [0.3, 0.4) is 0 Å². The minimum atomic E-state index is -3.84. The molecule has 0 spiro atoms. The van der Waals surface area contributed by atoms with Gasteiger partial charge < -0.3 is 14.6 Å². The number of hydrogen-bond acceptors (Lipinski definition) is 6. The molecule has 2 aromatic heterocycles. The van der Waals surface area contributed by atoms with E-state index in [4.69, 9.17) is 4.74 Å². The van der Waals surface area contributed by atoms with Crippen LogP contribution in [0.5, 0.6) is 0 Å². The zero-order valence-electron chi connectivity index (χ0n) is 20.6. The van der Waals surface area contributed by atoms with E-state index in [2.05, 4.69) is 14.7 Å². The first kappa shape index (κ1) is 25.8. The molecule has 0 atom stereocenters. The van der Waals surface area contributed by atoms with Gasteiger partial charge in [0.15, 0.2) is 5.82 Å². The van der Waals surface area contributed by atoms with Gasteiger partial charge in [0.25, 0.3) is 0 Å². The standard InChI is InChI=1S/C27H26F2N4O4S/c1-2-10-38(35,36)32-23-9-8-22(28)24(25(23)29)26(34)21-13-31-27-20(21)11-18(12-30-27)33-14-19(15-33)37-16-17-6-4-3-5-7-17/h3-9,11-13,19,32H,2,10,14-16H2,1H3,(H,30,31). The highest BCUT2D eigenvalue weighted by Crippen LogP contribution is 2.30. The number of nitrogens with one attached hydrogen (secondary N) is 2. The number of fused-ring (bicyclic) bond motifs is 1. The van der Waals surface area contributed by atoms with Crippen LogP contribution in [-0.4, -0.2) is 49.1 Å². The molecule has 1 aliphatic heterocycles. The Hall–Kier alpha value is -3.83. The van der Waals surface area contributed by atoms with Crippen LogP contribution in [0.4, 0.5) is 20.2 Å². The third kappa shape index (κ3) is 5.25. The Morgan fingerprint density at radius 1 is 1.18 bits per heavy atom. The third-order valence-electron chi connectivity index (χ3n) is 6.36. The number of halogens is 2. The predicted octanol–water partition coefficient (Wildman–Crippen LogP) is 4.63. The summed E-state index contributed by atoms with van der Waals surface area (Å²) >= 11 is 0. The number of nitrogens with zero attached hydrogens (tertiary/aromatic N) is 2. The van der Waals surface area contributed by atoms with Crippen molar-refractivity contribution in [1.82, 2.24) is 9.97 Å². The summed E-state index contributed by atoms with van der Waals surface area (Å²) in [5.41, 5.74) is 0.919. The molecule has 3 heterocycles. The van der Waals surface area contributed by atoms with Crippen LogP contribution in [0.25, 0.3) is 11.0 Å². The molecule has 11 heteroatoms. The number of anilines is 2. The molecule has 0 saturated carbocycles. The number of rotatable bonds is 10. The molecule has 4 aromatic rings. The van der Waals surface area contributed by atoms with E-state index in [1.807, 2.05) is 35.2 Å². The highest BCUT2D eigenvalue weighted by molar-refractivity contribution is 7.92. The molecule has 2 N–H and O–H groups in total. The van der Waals surface area contributed by atoms with Gasteiger partial charge in [0.2, 0.25) is 15.8 Å². The number of pyridine rings is 1. The summed E-state index contributed by atoms with van der Waals surface area (Å²) in [4.78, 5) is 22.6. The Balaban J connectivity index is 1.35. The van der Waals surface area contributed by atoms with Gasteiger partial charge in [-0.25, -0.2) is 22.2 Å². The predicted molar refractivity (Wildman–Crippen MR) is 141 cm³/mol. The summed E-state index contributed by atoms with van der Waals surface area (Å²) in [6, 6.07) is 13.4. The first-order valence-corrected chi connectivity index (χ1v) is 13.8. The van der Waals surface area contributed by atoms with Crippen LogP contribution in [-0.2, 0) is 21.4 Å². The van der Waals surface area contributed by atoms with Gasteiger partial charge in [-0.15, -0.1) is 0 Å². The van der Waals surface area contributed by atoms with Crippen molar-refractivity contribution in [2.45, 2.75) is 26.1 Å². The SMILES string of the molecule is CCCS(=O)(=O)Nc1ccc(F)c(C(=O)c2c[nH]c3ncc(N4CC(OCc5ccccc5)C4)cc23)c1F. The van der Waals surface area contributed by atoms with Crippen LogP contribution >= 0.6 is 0 Å². The Morgan fingerprint density at radius 3 is 2.68 bits per heavy atom. The summed E-state index contributed by atoms with van der Waals surface area (Å²) in [5, 5.41) is 0.400.